The van der Waals surface area contributed by atoms with E-state index in [0.717, 1.165) is 17.8 Å². The summed E-state index contributed by atoms with van der Waals surface area (Å²) >= 11 is 0. The van der Waals surface area contributed by atoms with Gasteiger partial charge in [0.05, 0.1) is 22.4 Å². The molecule has 2 aromatic carbocycles. The average molecular weight is 444 g/mol. The number of anilines is 1. The standard InChI is InChI=1S/C28H21N5O/c1-18-16-19-8-2-3-11-25(19)33(18)28(34)20-12-13-21-24(17-20)32-27(23-10-5-7-15-30-23)26(31-21)22-9-4-6-14-29-22/h2-15,17-18H,16H2,1H3/t18-/m1/s1. The molecule has 34 heavy (non-hydrogen) atoms. The second-order valence-electron chi connectivity index (χ2n) is 8.41. The van der Waals surface area contributed by atoms with Crippen LogP contribution in [0.2, 0.25) is 0 Å². The van der Waals surface area contributed by atoms with Crippen LogP contribution >= 0.6 is 0 Å². The molecular weight excluding hydrogens is 422 g/mol. The lowest BCUT2D eigenvalue weighted by molar-refractivity contribution is 0.0981. The highest BCUT2D eigenvalue weighted by atomic mass is 16.2. The second kappa shape index (κ2) is 8.15. The first-order valence-corrected chi connectivity index (χ1v) is 11.2. The van der Waals surface area contributed by atoms with Gasteiger partial charge in [-0.25, -0.2) is 9.97 Å². The molecule has 6 heteroatoms. The van der Waals surface area contributed by atoms with E-state index in [2.05, 4.69) is 23.0 Å². The lowest BCUT2D eigenvalue weighted by Crippen LogP contribution is -2.35. The van der Waals surface area contributed by atoms with Gasteiger partial charge in [0.15, 0.2) is 0 Å². The molecule has 0 unspecified atom stereocenters. The van der Waals surface area contributed by atoms with Crippen molar-refractivity contribution in [2.24, 2.45) is 0 Å². The minimum Gasteiger partial charge on any atom is -0.305 e. The van der Waals surface area contributed by atoms with Crippen molar-refractivity contribution in [3.05, 3.63) is 102 Å². The predicted octanol–water partition coefficient (Wildman–Crippen LogP) is 5.35. The van der Waals surface area contributed by atoms with Gasteiger partial charge in [0, 0.05) is 29.7 Å². The smallest absolute Gasteiger partial charge is 0.258 e. The van der Waals surface area contributed by atoms with Crippen molar-refractivity contribution in [2.45, 2.75) is 19.4 Å². The van der Waals surface area contributed by atoms with Gasteiger partial charge >= 0.3 is 0 Å². The van der Waals surface area contributed by atoms with Gasteiger partial charge in [0.1, 0.15) is 11.4 Å². The Morgan fingerprint density at radius 2 is 1.44 bits per heavy atom. The van der Waals surface area contributed by atoms with Crippen molar-refractivity contribution in [3.63, 3.8) is 0 Å². The first-order valence-electron chi connectivity index (χ1n) is 11.2. The maximum atomic E-state index is 13.6. The van der Waals surface area contributed by atoms with Gasteiger partial charge in [-0.3, -0.25) is 14.8 Å². The summed E-state index contributed by atoms with van der Waals surface area (Å²) in [6.07, 6.45) is 4.32. The Balaban J connectivity index is 1.48. The normalized spacial score (nSPS) is 14.9. The number of nitrogens with zero attached hydrogens (tertiary/aromatic N) is 5. The zero-order valence-corrected chi connectivity index (χ0v) is 18.6. The second-order valence-corrected chi connectivity index (χ2v) is 8.41. The molecule has 6 nitrogen and oxygen atoms in total. The number of aromatic nitrogens is 4. The molecule has 1 aliphatic heterocycles. The van der Waals surface area contributed by atoms with Crippen LogP contribution in [0.3, 0.4) is 0 Å². The third-order valence-corrected chi connectivity index (χ3v) is 6.15. The number of para-hydroxylation sites is 1. The van der Waals surface area contributed by atoms with Crippen molar-refractivity contribution in [1.29, 1.82) is 0 Å². The molecule has 0 N–H and O–H groups in total. The summed E-state index contributed by atoms with van der Waals surface area (Å²) in [5.41, 5.74) is 6.83. The fourth-order valence-corrected chi connectivity index (χ4v) is 4.56. The van der Waals surface area contributed by atoms with Crippen molar-refractivity contribution in [3.8, 4) is 22.8 Å². The summed E-state index contributed by atoms with van der Waals surface area (Å²) in [7, 11) is 0. The van der Waals surface area contributed by atoms with Crippen LogP contribution in [0.15, 0.2) is 91.3 Å². The molecule has 0 radical (unpaired) electrons. The van der Waals surface area contributed by atoms with E-state index < -0.39 is 0 Å². The largest absolute Gasteiger partial charge is 0.305 e. The molecular formula is C28H21N5O. The van der Waals surface area contributed by atoms with Crippen LogP contribution in [-0.4, -0.2) is 31.9 Å². The molecule has 0 spiro atoms. The van der Waals surface area contributed by atoms with Crippen LogP contribution < -0.4 is 4.90 Å². The van der Waals surface area contributed by atoms with E-state index in [1.54, 1.807) is 12.4 Å². The number of hydrogen-bond acceptors (Lipinski definition) is 5. The molecule has 4 heterocycles. The average Bonchev–Trinajstić information content (AvgIpc) is 3.23. The minimum atomic E-state index is -0.0330. The number of carbonyl (C=O) groups is 1. The Bertz CT molecular complexity index is 1520. The van der Waals surface area contributed by atoms with Crippen molar-refractivity contribution < 1.29 is 4.79 Å². The number of hydrogen-bond donors (Lipinski definition) is 0. The summed E-state index contributed by atoms with van der Waals surface area (Å²) in [5.74, 6) is -0.0330. The molecule has 3 aromatic heterocycles. The Labute approximate surface area is 197 Å². The maximum absolute atomic E-state index is 13.6. The lowest BCUT2D eigenvalue weighted by Gasteiger charge is -2.23. The fourth-order valence-electron chi connectivity index (χ4n) is 4.56. The van der Waals surface area contributed by atoms with Crippen molar-refractivity contribution in [1.82, 2.24) is 19.9 Å². The molecule has 1 atom stereocenters. The van der Waals surface area contributed by atoms with E-state index in [0.29, 0.717) is 33.7 Å². The summed E-state index contributed by atoms with van der Waals surface area (Å²) in [4.78, 5) is 34.2. The molecule has 0 fully saturated rings. The summed E-state index contributed by atoms with van der Waals surface area (Å²) in [6, 6.07) is 25.1. The molecule has 0 bridgehead atoms. The molecule has 164 valence electrons. The summed E-state index contributed by atoms with van der Waals surface area (Å²) in [6.45, 7) is 2.08. The van der Waals surface area contributed by atoms with Gasteiger partial charge in [-0.1, -0.05) is 30.3 Å². The Kier molecular flexibility index (Phi) is 4.84. The number of amides is 1. The molecule has 0 saturated heterocycles. The van der Waals surface area contributed by atoms with Gasteiger partial charge < -0.3 is 4.90 Å². The third-order valence-electron chi connectivity index (χ3n) is 6.15. The van der Waals surface area contributed by atoms with E-state index in [9.17, 15) is 4.79 Å². The highest BCUT2D eigenvalue weighted by molar-refractivity contribution is 6.09. The first-order chi connectivity index (χ1) is 16.7. The van der Waals surface area contributed by atoms with Gasteiger partial charge in [-0.2, -0.15) is 0 Å². The molecule has 1 amide bonds. The van der Waals surface area contributed by atoms with Crippen LogP contribution in [0.5, 0.6) is 0 Å². The topological polar surface area (TPSA) is 71.9 Å². The Hall–Kier alpha value is -4.45. The minimum absolute atomic E-state index is 0.0330. The van der Waals surface area contributed by atoms with E-state index in [-0.39, 0.29) is 11.9 Å². The Morgan fingerprint density at radius 1 is 0.794 bits per heavy atom. The van der Waals surface area contributed by atoms with Crippen LogP contribution in [-0.2, 0) is 6.42 Å². The molecule has 0 saturated carbocycles. The van der Waals surface area contributed by atoms with E-state index in [1.165, 1.54) is 5.56 Å². The van der Waals surface area contributed by atoms with E-state index >= 15 is 0 Å². The predicted molar refractivity (Wildman–Crippen MR) is 132 cm³/mol. The zero-order chi connectivity index (χ0) is 23.1. The van der Waals surface area contributed by atoms with Crippen LogP contribution in [0.25, 0.3) is 33.8 Å². The van der Waals surface area contributed by atoms with Gasteiger partial charge in [0.2, 0.25) is 0 Å². The quantitative estimate of drug-likeness (QED) is 0.376. The SMILES string of the molecule is C[C@@H]1Cc2ccccc2N1C(=O)c1ccc2nc(-c3ccccn3)c(-c3ccccn3)nc2c1. The van der Waals surface area contributed by atoms with Gasteiger partial charge in [0.25, 0.3) is 5.91 Å². The number of fused-ring (bicyclic) bond motifs is 2. The van der Waals surface area contributed by atoms with Crippen LogP contribution in [0.4, 0.5) is 5.69 Å². The van der Waals surface area contributed by atoms with Gasteiger partial charge in [-0.15, -0.1) is 0 Å². The van der Waals surface area contributed by atoms with E-state index in [1.807, 2.05) is 77.7 Å². The molecule has 1 aliphatic rings. The summed E-state index contributed by atoms with van der Waals surface area (Å²) < 4.78 is 0. The number of pyridine rings is 2. The lowest BCUT2D eigenvalue weighted by atomic mass is 10.1. The van der Waals surface area contributed by atoms with Crippen molar-refractivity contribution in [2.75, 3.05) is 4.90 Å². The highest BCUT2D eigenvalue weighted by Gasteiger charge is 2.31. The maximum Gasteiger partial charge on any atom is 0.258 e. The van der Waals surface area contributed by atoms with Crippen LogP contribution in [0.1, 0.15) is 22.8 Å². The number of benzene rings is 2. The van der Waals surface area contributed by atoms with Crippen LogP contribution in [0, 0.1) is 0 Å². The summed E-state index contributed by atoms with van der Waals surface area (Å²) in [5, 5.41) is 0. The van der Waals surface area contributed by atoms with Crippen molar-refractivity contribution >= 4 is 22.6 Å². The first kappa shape index (κ1) is 20.2. The van der Waals surface area contributed by atoms with Gasteiger partial charge in [-0.05, 0) is 67.4 Å². The number of rotatable bonds is 3. The zero-order valence-electron chi connectivity index (χ0n) is 18.6. The molecule has 6 rings (SSSR count). The van der Waals surface area contributed by atoms with E-state index in [4.69, 9.17) is 9.97 Å². The Morgan fingerprint density at radius 3 is 2.12 bits per heavy atom. The highest BCUT2D eigenvalue weighted by Crippen LogP contribution is 2.34. The molecule has 0 aliphatic carbocycles. The third kappa shape index (κ3) is 3.40. The molecule has 5 aromatic rings. The number of carbonyl (C=O) groups excluding carboxylic acids is 1. The monoisotopic (exact) mass is 443 g/mol. The fraction of sp³-hybridized carbons (Fsp3) is 0.107.